The Morgan fingerprint density at radius 3 is 2.57 bits per heavy atom. The fourth-order valence-electron chi connectivity index (χ4n) is 3.69. The van der Waals surface area contributed by atoms with Crippen molar-refractivity contribution in [2.75, 3.05) is 17.3 Å². The van der Waals surface area contributed by atoms with Crippen LogP contribution in [-0.4, -0.2) is 39.4 Å². The molecular formula is C26H29N9. The van der Waals surface area contributed by atoms with Crippen LogP contribution in [0.1, 0.15) is 18.1 Å². The number of rotatable bonds is 9. The summed E-state index contributed by atoms with van der Waals surface area (Å²) in [5, 5.41) is 3.38. The van der Waals surface area contributed by atoms with Crippen LogP contribution in [0, 0.1) is 0 Å². The number of aliphatic imine (C=N–C) groups is 1. The number of nitrogens with two attached hydrogens (primary N) is 2. The van der Waals surface area contributed by atoms with Crippen LogP contribution < -0.4 is 21.7 Å². The van der Waals surface area contributed by atoms with E-state index in [9.17, 15) is 0 Å². The second-order valence-electron chi connectivity index (χ2n) is 8.13. The molecule has 5 N–H and O–H groups in total. The van der Waals surface area contributed by atoms with Gasteiger partial charge in [-0.15, -0.1) is 0 Å². The number of hydrogen-bond acceptors (Lipinski definition) is 8. The number of nitrogens with one attached hydrogen (secondary N) is 1. The van der Waals surface area contributed by atoms with E-state index in [2.05, 4.69) is 44.3 Å². The van der Waals surface area contributed by atoms with Gasteiger partial charge in [0.05, 0.1) is 12.0 Å². The molecule has 4 rings (SSSR count). The van der Waals surface area contributed by atoms with Crippen LogP contribution in [0.3, 0.4) is 0 Å². The van der Waals surface area contributed by atoms with Crippen LogP contribution in [0.25, 0.3) is 11.3 Å². The molecule has 0 bridgehead atoms. The van der Waals surface area contributed by atoms with Gasteiger partial charge in [-0.05, 0) is 30.5 Å². The monoisotopic (exact) mass is 467 g/mol. The number of anilines is 3. The second kappa shape index (κ2) is 11.2. The molecule has 4 aromatic rings. The van der Waals surface area contributed by atoms with Gasteiger partial charge < -0.3 is 16.8 Å². The minimum atomic E-state index is 0.117. The summed E-state index contributed by atoms with van der Waals surface area (Å²) < 4.78 is 0. The Morgan fingerprint density at radius 1 is 1.00 bits per heavy atom. The zero-order valence-corrected chi connectivity index (χ0v) is 19.8. The van der Waals surface area contributed by atoms with Gasteiger partial charge in [0.2, 0.25) is 11.9 Å². The first-order valence-electron chi connectivity index (χ1n) is 11.4. The molecule has 2 aromatic heterocycles. The third-order valence-electron chi connectivity index (χ3n) is 5.41. The number of benzene rings is 2. The van der Waals surface area contributed by atoms with Crippen LogP contribution in [0.5, 0.6) is 0 Å². The van der Waals surface area contributed by atoms with Crippen LogP contribution in [0.2, 0.25) is 0 Å². The number of aromatic nitrogens is 4. The average molecular weight is 468 g/mol. The van der Waals surface area contributed by atoms with Crippen molar-refractivity contribution in [3.8, 4) is 11.3 Å². The summed E-state index contributed by atoms with van der Waals surface area (Å²) in [7, 11) is 1.86. The van der Waals surface area contributed by atoms with Crippen LogP contribution in [-0.2, 0) is 13.0 Å². The Bertz CT molecular complexity index is 1290. The molecule has 9 nitrogen and oxygen atoms in total. The van der Waals surface area contributed by atoms with Gasteiger partial charge in [0.1, 0.15) is 5.82 Å². The molecule has 9 heteroatoms. The number of hydrogen-bond donors (Lipinski definition) is 3. The molecule has 178 valence electrons. The second-order valence-corrected chi connectivity index (χ2v) is 8.13. The van der Waals surface area contributed by atoms with E-state index in [1.807, 2.05) is 55.6 Å². The van der Waals surface area contributed by atoms with Crippen molar-refractivity contribution in [2.45, 2.75) is 25.9 Å². The van der Waals surface area contributed by atoms with E-state index in [-0.39, 0.29) is 6.04 Å². The zero-order chi connectivity index (χ0) is 24.6. The Morgan fingerprint density at radius 2 is 1.80 bits per heavy atom. The zero-order valence-electron chi connectivity index (χ0n) is 19.8. The molecule has 2 heterocycles. The summed E-state index contributed by atoms with van der Waals surface area (Å²) in [6.45, 7) is 2.62. The van der Waals surface area contributed by atoms with Crippen LogP contribution >= 0.6 is 0 Å². The molecule has 0 saturated heterocycles. The molecule has 1 atom stereocenters. The van der Waals surface area contributed by atoms with Crippen molar-refractivity contribution in [1.82, 2.24) is 19.9 Å². The minimum absolute atomic E-state index is 0.117. The molecule has 35 heavy (non-hydrogen) atoms. The maximum absolute atomic E-state index is 5.77. The predicted molar refractivity (Wildman–Crippen MR) is 141 cm³/mol. The van der Waals surface area contributed by atoms with Crippen LogP contribution in [0.15, 0.2) is 77.9 Å². The molecule has 0 unspecified atom stereocenters. The number of nitrogens with zero attached hydrogens (tertiary/aromatic N) is 6. The average Bonchev–Trinajstić information content (AvgIpc) is 2.89. The third-order valence-corrected chi connectivity index (χ3v) is 5.41. The van der Waals surface area contributed by atoms with Crippen molar-refractivity contribution in [2.24, 2.45) is 16.5 Å². The Labute approximate surface area is 205 Å². The molecule has 0 aliphatic rings. The molecule has 0 spiro atoms. The lowest BCUT2D eigenvalue weighted by molar-refractivity contribution is 0.775. The third kappa shape index (κ3) is 6.15. The Kier molecular flexibility index (Phi) is 7.59. The molecule has 2 aromatic carbocycles. The fourth-order valence-corrected chi connectivity index (χ4v) is 3.69. The molecule has 0 aliphatic carbocycles. The van der Waals surface area contributed by atoms with Gasteiger partial charge in [-0.25, -0.2) is 15.0 Å². The van der Waals surface area contributed by atoms with Crippen molar-refractivity contribution < 1.29 is 0 Å². The summed E-state index contributed by atoms with van der Waals surface area (Å²) in [6.07, 6.45) is 3.75. The summed E-state index contributed by atoms with van der Waals surface area (Å²) >= 11 is 0. The first-order valence-corrected chi connectivity index (χ1v) is 11.4. The Hall–Kier alpha value is -4.37. The molecule has 0 radical (unpaired) electrons. The highest BCUT2D eigenvalue weighted by Crippen LogP contribution is 2.26. The van der Waals surface area contributed by atoms with Gasteiger partial charge in [-0.2, -0.15) is 9.97 Å². The van der Waals surface area contributed by atoms with E-state index in [0.717, 1.165) is 23.2 Å². The Balaban J connectivity index is 1.55. The summed E-state index contributed by atoms with van der Waals surface area (Å²) in [5.41, 5.74) is 15.3. The molecule has 0 aliphatic heterocycles. The molecule has 0 amide bonds. The standard InChI is InChI=1S/C26H29N9/c1-18(13-19-7-6-8-20(14-19)16-27)31-25-29-12-11-24(34-25)35(2)26-32-22(15-23(33-26)30-17-28)21-9-4-3-5-10-21/h3-12,14-15,17-18H,13,16,27H2,1-2H3,(H,29,31,34)(H2,28,30,32,33)/t18-/m1/s1. The fraction of sp³-hybridized carbons (Fsp3) is 0.192. The van der Waals surface area contributed by atoms with Gasteiger partial charge in [0, 0.05) is 37.5 Å². The maximum Gasteiger partial charge on any atom is 0.233 e. The SMILES string of the molecule is C[C@H](Cc1cccc(CN)c1)Nc1nccc(N(C)c2nc(N=CN)cc(-c3ccccc3)n2)n1. The minimum Gasteiger partial charge on any atom is -0.390 e. The summed E-state index contributed by atoms with van der Waals surface area (Å²) in [6, 6.07) is 21.9. The summed E-state index contributed by atoms with van der Waals surface area (Å²) in [4.78, 5) is 24.3. The van der Waals surface area contributed by atoms with E-state index < -0.39 is 0 Å². The first kappa shape index (κ1) is 23.8. The lowest BCUT2D eigenvalue weighted by Gasteiger charge is -2.19. The summed E-state index contributed by atoms with van der Waals surface area (Å²) in [5.74, 6) is 2.08. The highest BCUT2D eigenvalue weighted by Gasteiger charge is 2.14. The van der Waals surface area contributed by atoms with E-state index in [1.165, 1.54) is 11.9 Å². The quantitative estimate of drug-likeness (QED) is 0.250. The van der Waals surface area contributed by atoms with Crippen molar-refractivity contribution in [3.05, 3.63) is 84.1 Å². The van der Waals surface area contributed by atoms with E-state index in [4.69, 9.17) is 16.5 Å². The molecule has 0 fully saturated rings. The van der Waals surface area contributed by atoms with Gasteiger partial charge >= 0.3 is 0 Å². The van der Waals surface area contributed by atoms with Gasteiger partial charge in [0.25, 0.3) is 0 Å². The van der Waals surface area contributed by atoms with Gasteiger partial charge in [0.15, 0.2) is 5.82 Å². The molecular weight excluding hydrogens is 438 g/mol. The first-order chi connectivity index (χ1) is 17.1. The van der Waals surface area contributed by atoms with Crippen molar-refractivity contribution in [3.63, 3.8) is 0 Å². The van der Waals surface area contributed by atoms with E-state index in [0.29, 0.717) is 30.1 Å². The van der Waals surface area contributed by atoms with Gasteiger partial charge in [-0.1, -0.05) is 54.6 Å². The predicted octanol–water partition coefficient (Wildman–Crippen LogP) is 3.82. The lowest BCUT2D eigenvalue weighted by Crippen LogP contribution is -2.21. The van der Waals surface area contributed by atoms with Crippen LogP contribution in [0.4, 0.5) is 23.5 Å². The largest absolute Gasteiger partial charge is 0.390 e. The smallest absolute Gasteiger partial charge is 0.233 e. The highest BCUT2D eigenvalue weighted by atomic mass is 15.3. The highest BCUT2D eigenvalue weighted by molar-refractivity contribution is 5.67. The lowest BCUT2D eigenvalue weighted by atomic mass is 10.0. The van der Waals surface area contributed by atoms with Crippen molar-refractivity contribution in [1.29, 1.82) is 0 Å². The van der Waals surface area contributed by atoms with Gasteiger partial charge in [-0.3, -0.25) is 4.90 Å². The normalized spacial score (nSPS) is 12.0. The maximum atomic E-state index is 5.77. The van der Waals surface area contributed by atoms with Crippen molar-refractivity contribution >= 4 is 29.9 Å². The molecule has 0 saturated carbocycles. The van der Waals surface area contributed by atoms with E-state index >= 15 is 0 Å². The van der Waals surface area contributed by atoms with E-state index in [1.54, 1.807) is 17.2 Å². The topological polar surface area (TPSA) is 131 Å².